The molecule has 0 unspecified atom stereocenters. The Balaban J connectivity index is 1.27. The third-order valence-electron chi connectivity index (χ3n) is 9.31. The third-order valence-corrected chi connectivity index (χ3v) is 9.31. The van der Waals surface area contributed by atoms with E-state index in [1.54, 1.807) is 55.5 Å². The molecule has 0 radical (unpaired) electrons. The van der Waals surface area contributed by atoms with E-state index in [1.807, 2.05) is 12.1 Å². The number of benzene rings is 3. The number of ketones is 3. The fourth-order valence-electron chi connectivity index (χ4n) is 7.27. The smallest absolute Gasteiger partial charge is 0.238 e. The zero-order valence-corrected chi connectivity index (χ0v) is 23.6. The number of rotatable bonds is 4. The highest BCUT2D eigenvalue weighted by molar-refractivity contribution is 6.25. The molecule has 1 N–H and O–H groups in total. The van der Waals surface area contributed by atoms with Crippen LogP contribution in [0.4, 0.5) is 10.1 Å². The van der Waals surface area contributed by atoms with Crippen LogP contribution >= 0.6 is 0 Å². The SMILES string of the molecule is CC1=CC(=O)C2=C(C[C@@H]3C(=CC[C@@H]4C(=O)N(c5ccc(C(=O)c6ccccc6)cc5)C(=O)[C@@H]43)[C@@H]2c2cccc(F)c2O)C1=O. The topological polar surface area (TPSA) is 109 Å². The van der Waals surface area contributed by atoms with Crippen molar-refractivity contribution in [3.05, 3.63) is 130 Å². The number of hydrogen-bond acceptors (Lipinski definition) is 6. The van der Waals surface area contributed by atoms with Gasteiger partial charge in [-0.1, -0.05) is 54.1 Å². The van der Waals surface area contributed by atoms with Crippen LogP contribution in [-0.4, -0.2) is 34.3 Å². The van der Waals surface area contributed by atoms with Gasteiger partial charge in [-0.05, 0) is 62.1 Å². The molecule has 0 aromatic heterocycles. The van der Waals surface area contributed by atoms with Crippen molar-refractivity contribution in [2.24, 2.45) is 17.8 Å². The van der Waals surface area contributed by atoms with Crippen LogP contribution in [0.1, 0.15) is 47.2 Å². The second-order valence-corrected chi connectivity index (χ2v) is 11.7. The summed E-state index contributed by atoms with van der Waals surface area (Å²) in [7, 11) is 0. The van der Waals surface area contributed by atoms with Gasteiger partial charge in [-0.2, -0.15) is 0 Å². The van der Waals surface area contributed by atoms with E-state index in [1.165, 1.54) is 18.2 Å². The number of aromatic hydroxyl groups is 1. The van der Waals surface area contributed by atoms with E-state index in [2.05, 4.69) is 0 Å². The molecule has 4 aliphatic rings. The highest BCUT2D eigenvalue weighted by atomic mass is 19.1. The lowest BCUT2D eigenvalue weighted by atomic mass is 9.59. The third kappa shape index (κ3) is 4.05. The predicted molar refractivity (Wildman–Crippen MR) is 158 cm³/mol. The molecule has 218 valence electrons. The lowest BCUT2D eigenvalue weighted by Crippen LogP contribution is -2.39. The second kappa shape index (κ2) is 10.2. The lowest BCUT2D eigenvalue weighted by molar-refractivity contribution is -0.123. The van der Waals surface area contributed by atoms with Crippen LogP contribution in [0.3, 0.4) is 0 Å². The summed E-state index contributed by atoms with van der Waals surface area (Å²) in [4.78, 5) is 68.6. The van der Waals surface area contributed by atoms with E-state index >= 15 is 0 Å². The number of allylic oxidation sites excluding steroid dienone is 6. The summed E-state index contributed by atoms with van der Waals surface area (Å²) >= 11 is 0. The number of Topliss-reactive ketones (excluding diaryl/α,β-unsaturated/α-hetero) is 1. The van der Waals surface area contributed by atoms with Gasteiger partial charge in [0.05, 0.1) is 17.5 Å². The maximum atomic E-state index is 14.6. The molecule has 3 aromatic rings. The second-order valence-electron chi connectivity index (χ2n) is 11.7. The number of phenols is 1. The predicted octanol–water partition coefficient (Wildman–Crippen LogP) is 5.40. The van der Waals surface area contributed by atoms with E-state index in [9.17, 15) is 33.5 Å². The molecule has 1 saturated heterocycles. The van der Waals surface area contributed by atoms with Crippen molar-refractivity contribution < 1.29 is 33.5 Å². The maximum absolute atomic E-state index is 14.6. The maximum Gasteiger partial charge on any atom is 0.238 e. The normalized spacial score (nSPS) is 24.5. The zero-order chi connectivity index (χ0) is 30.9. The standard InChI is InChI=1S/C36H26FNO6/c1-18-16-28(39)31-26(32(18)40)17-25-22(29(31)23-8-5-9-27(37)34(23)42)14-15-24-30(25)36(44)38(35(24)43)21-12-10-20(11-13-21)33(41)19-6-3-2-4-7-19/h2-14,16,24-25,29-30,42H,15,17H2,1H3/t24-,25+,29+,30-/m0/s1. The van der Waals surface area contributed by atoms with E-state index in [0.717, 1.165) is 11.0 Å². The molecule has 4 atom stereocenters. The number of nitrogens with zero attached hydrogens (tertiary/aromatic N) is 1. The van der Waals surface area contributed by atoms with Crippen molar-refractivity contribution in [2.45, 2.75) is 25.7 Å². The minimum Gasteiger partial charge on any atom is -0.505 e. The Bertz CT molecular complexity index is 1900. The lowest BCUT2D eigenvalue weighted by Gasteiger charge is -2.42. The van der Waals surface area contributed by atoms with Gasteiger partial charge in [-0.15, -0.1) is 0 Å². The Labute approximate surface area is 252 Å². The first-order valence-electron chi connectivity index (χ1n) is 14.4. The number of halogens is 1. The number of amides is 2. The molecule has 2 amide bonds. The summed E-state index contributed by atoms with van der Waals surface area (Å²) < 4.78 is 14.6. The summed E-state index contributed by atoms with van der Waals surface area (Å²) in [6.45, 7) is 1.55. The first-order valence-corrected chi connectivity index (χ1v) is 14.4. The van der Waals surface area contributed by atoms with Gasteiger partial charge in [0.2, 0.25) is 11.8 Å². The van der Waals surface area contributed by atoms with Gasteiger partial charge in [-0.25, -0.2) is 4.39 Å². The van der Waals surface area contributed by atoms with Crippen LogP contribution in [-0.2, 0) is 19.2 Å². The molecule has 44 heavy (non-hydrogen) atoms. The molecule has 7 nitrogen and oxygen atoms in total. The first-order chi connectivity index (χ1) is 21.2. The molecule has 0 bridgehead atoms. The monoisotopic (exact) mass is 587 g/mol. The van der Waals surface area contributed by atoms with Crippen LogP contribution in [0.15, 0.2) is 107 Å². The highest BCUT2D eigenvalue weighted by Gasteiger charge is 2.56. The number of phenolic OH excluding ortho intramolecular Hbond substituents is 1. The Morgan fingerprint density at radius 2 is 1.57 bits per heavy atom. The fraction of sp³-hybridized carbons (Fsp3) is 0.194. The average molecular weight is 588 g/mol. The minimum atomic E-state index is -0.943. The van der Waals surface area contributed by atoms with Gasteiger partial charge in [0, 0.05) is 39.3 Å². The van der Waals surface area contributed by atoms with E-state index in [0.29, 0.717) is 22.4 Å². The number of fused-ring (bicyclic) bond motifs is 3. The molecule has 0 spiro atoms. The molecular weight excluding hydrogens is 561 g/mol. The van der Waals surface area contributed by atoms with E-state index < -0.39 is 46.9 Å². The van der Waals surface area contributed by atoms with Crippen molar-refractivity contribution in [3.8, 4) is 5.75 Å². The van der Waals surface area contributed by atoms with Crippen LogP contribution in [0.2, 0.25) is 0 Å². The van der Waals surface area contributed by atoms with Gasteiger partial charge >= 0.3 is 0 Å². The Kier molecular flexibility index (Phi) is 6.39. The van der Waals surface area contributed by atoms with Crippen molar-refractivity contribution in [1.29, 1.82) is 0 Å². The summed E-state index contributed by atoms with van der Waals surface area (Å²) in [6, 6.07) is 19.1. The summed E-state index contributed by atoms with van der Waals surface area (Å²) in [6.07, 6.45) is 3.34. The summed E-state index contributed by atoms with van der Waals surface area (Å²) in [5.74, 6) is -6.32. The molecule has 1 fully saturated rings. The van der Waals surface area contributed by atoms with Crippen molar-refractivity contribution in [3.63, 3.8) is 0 Å². The van der Waals surface area contributed by atoms with E-state index in [4.69, 9.17) is 0 Å². The Morgan fingerprint density at radius 1 is 0.864 bits per heavy atom. The largest absolute Gasteiger partial charge is 0.505 e. The molecule has 8 heteroatoms. The number of para-hydroxylation sites is 1. The van der Waals surface area contributed by atoms with Crippen molar-refractivity contribution >= 4 is 34.9 Å². The number of hydrogen-bond donors (Lipinski definition) is 1. The molecule has 1 heterocycles. The van der Waals surface area contributed by atoms with Crippen LogP contribution < -0.4 is 4.90 Å². The summed E-state index contributed by atoms with van der Waals surface area (Å²) in [5.41, 5.74) is 2.68. The first kappa shape index (κ1) is 27.6. The molecule has 3 aliphatic carbocycles. The van der Waals surface area contributed by atoms with Gasteiger partial charge in [0.15, 0.2) is 28.9 Å². The van der Waals surface area contributed by atoms with Crippen LogP contribution in [0.25, 0.3) is 0 Å². The van der Waals surface area contributed by atoms with Crippen LogP contribution in [0.5, 0.6) is 5.75 Å². The Morgan fingerprint density at radius 3 is 2.30 bits per heavy atom. The summed E-state index contributed by atoms with van der Waals surface area (Å²) in [5, 5.41) is 10.8. The van der Waals surface area contributed by atoms with Gasteiger partial charge in [0.1, 0.15) is 0 Å². The molecule has 1 aliphatic heterocycles. The average Bonchev–Trinajstić information content (AvgIpc) is 3.29. The zero-order valence-electron chi connectivity index (χ0n) is 23.6. The van der Waals surface area contributed by atoms with Crippen molar-refractivity contribution in [2.75, 3.05) is 4.90 Å². The molecular formula is C36H26FNO6. The number of imide groups is 1. The van der Waals surface area contributed by atoms with E-state index in [-0.39, 0.29) is 52.6 Å². The fourth-order valence-corrected chi connectivity index (χ4v) is 7.27. The molecule has 7 rings (SSSR count). The Hall–Kier alpha value is -5.24. The molecule has 3 aromatic carbocycles. The van der Waals surface area contributed by atoms with Gasteiger partial charge in [0.25, 0.3) is 0 Å². The highest BCUT2D eigenvalue weighted by Crippen LogP contribution is 2.56. The number of carbonyl (C=O) groups is 5. The number of carbonyl (C=O) groups excluding carboxylic acids is 5. The quantitative estimate of drug-likeness (QED) is 0.190. The minimum absolute atomic E-state index is 0.0715. The van der Waals surface area contributed by atoms with Crippen LogP contribution in [0, 0.1) is 23.6 Å². The van der Waals surface area contributed by atoms with Gasteiger partial charge < -0.3 is 5.11 Å². The molecule has 0 saturated carbocycles. The van der Waals surface area contributed by atoms with Gasteiger partial charge in [-0.3, -0.25) is 28.9 Å². The number of anilines is 1. The van der Waals surface area contributed by atoms with Crippen molar-refractivity contribution in [1.82, 2.24) is 0 Å².